The smallest absolute Gasteiger partial charge is 0.234 e. The SMILES string of the molecule is COc1ccc2nc(SCC(=O)Nc3c(C)nn(-c4ccccc4)c3C)[nH]c2c1. The van der Waals surface area contributed by atoms with Crippen molar-refractivity contribution in [1.29, 1.82) is 0 Å². The molecule has 7 nitrogen and oxygen atoms in total. The first-order valence-electron chi connectivity index (χ1n) is 9.13. The van der Waals surface area contributed by atoms with E-state index in [0.29, 0.717) is 5.16 Å². The highest BCUT2D eigenvalue weighted by Crippen LogP contribution is 2.25. The highest BCUT2D eigenvalue weighted by atomic mass is 32.2. The molecular weight excluding hydrogens is 386 g/mol. The van der Waals surface area contributed by atoms with E-state index < -0.39 is 0 Å². The Morgan fingerprint density at radius 3 is 2.76 bits per heavy atom. The summed E-state index contributed by atoms with van der Waals surface area (Å²) >= 11 is 1.36. The average molecular weight is 407 g/mol. The second kappa shape index (κ2) is 8.00. The number of hydrogen-bond acceptors (Lipinski definition) is 5. The molecule has 2 aromatic heterocycles. The maximum Gasteiger partial charge on any atom is 0.234 e. The number of imidazole rings is 1. The van der Waals surface area contributed by atoms with Crippen molar-refractivity contribution in [2.45, 2.75) is 19.0 Å². The summed E-state index contributed by atoms with van der Waals surface area (Å²) in [5.41, 5.74) is 5.09. The van der Waals surface area contributed by atoms with Crippen molar-refractivity contribution < 1.29 is 9.53 Å². The molecule has 0 aliphatic heterocycles. The van der Waals surface area contributed by atoms with E-state index in [1.807, 2.05) is 67.1 Å². The molecule has 0 unspecified atom stereocenters. The molecule has 2 heterocycles. The molecule has 29 heavy (non-hydrogen) atoms. The van der Waals surface area contributed by atoms with Crippen molar-refractivity contribution in [2.24, 2.45) is 0 Å². The third kappa shape index (κ3) is 3.97. The minimum atomic E-state index is -0.105. The first-order chi connectivity index (χ1) is 14.0. The second-order valence-corrected chi connectivity index (χ2v) is 7.52. The lowest BCUT2D eigenvalue weighted by atomic mass is 10.3. The van der Waals surface area contributed by atoms with Crippen LogP contribution in [0.2, 0.25) is 0 Å². The zero-order valence-corrected chi connectivity index (χ0v) is 17.2. The minimum absolute atomic E-state index is 0.105. The van der Waals surface area contributed by atoms with Gasteiger partial charge in [-0.25, -0.2) is 9.67 Å². The lowest BCUT2D eigenvalue weighted by Crippen LogP contribution is -2.15. The van der Waals surface area contributed by atoms with Crippen molar-refractivity contribution in [3.05, 3.63) is 59.9 Å². The van der Waals surface area contributed by atoms with Gasteiger partial charge in [-0.05, 0) is 38.1 Å². The van der Waals surface area contributed by atoms with E-state index in [1.54, 1.807) is 7.11 Å². The number of nitrogens with one attached hydrogen (secondary N) is 2. The van der Waals surface area contributed by atoms with Crippen molar-refractivity contribution in [3.8, 4) is 11.4 Å². The van der Waals surface area contributed by atoms with Crippen LogP contribution in [0.3, 0.4) is 0 Å². The second-order valence-electron chi connectivity index (χ2n) is 6.56. The van der Waals surface area contributed by atoms with Crippen LogP contribution >= 0.6 is 11.8 Å². The van der Waals surface area contributed by atoms with Gasteiger partial charge in [-0.3, -0.25) is 4.79 Å². The predicted octanol–water partition coefficient (Wildman–Crippen LogP) is 4.10. The van der Waals surface area contributed by atoms with Crippen LogP contribution in [0.4, 0.5) is 5.69 Å². The summed E-state index contributed by atoms with van der Waals surface area (Å²) in [7, 11) is 1.63. The van der Waals surface area contributed by atoms with Crippen LogP contribution in [0.15, 0.2) is 53.7 Å². The largest absolute Gasteiger partial charge is 0.497 e. The molecule has 148 valence electrons. The zero-order valence-electron chi connectivity index (χ0n) is 16.4. The Balaban J connectivity index is 1.44. The lowest BCUT2D eigenvalue weighted by molar-refractivity contribution is -0.113. The Morgan fingerprint density at radius 1 is 1.21 bits per heavy atom. The number of hydrogen-bond donors (Lipinski definition) is 2. The lowest BCUT2D eigenvalue weighted by Gasteiger charge is -2.06. The van der Waals surface area contributed by atoms with E-state index in [-0.39, 0.29) is 11.7 Å². The molecule has 0 radical (unpaired) electrons. The molecule has 0 bridgehead atoms. The number of carbonyl (C=O) groups is 1. The quantitative estimate of drug-likeness (QED) is 0.470. The van der Waals surface area contributed by atoms with Crippen LogP contribution in [-0.4, -0.2) is 38.5 Å². The summed E-state index contributed by atoms with van der Waals surface area (Å²) in [6.07, 6.45) is 0. The number of anilines is 1. The molecule has 0 saturated carbocycles. The van der Waals surface area contributed by atoms with Crippen molar-refractivity contribution in [3.63, 3.8) is 0 Å². The average Bonchev–Trinajstić information content (AvgIpc) is 3.27. The molecule has 0 fully saturated rings. The number of ether oxygens (including phenoxy) is 1. The number of aryl methyl sites for hydroxylation is 1. The number of aromatic nitrogens is 4. The molecule has 0 aliphatic rings. The Kier molecular flexibility index (Phi) is 5.26. The van der Waals surface area contributed by atoms with Crippen molar-refractivity contribution in [1.82, 2.24) is 19.7 Å². The number of H-pyrrole nitrogens is 1. The van der Waals surface area contributed by atoms with Gasteiger partial charge < -0.3 is 15.0 Å². The fourth-order valence-corrected chi connectivity index (χ4v) is 3.80. The van der Waals surface area contributed by atoms with E-state index in [2.05, 4.69) is 20.4 Å². The first kappa shape index (κ1) is 19.1. The molecule has 0 atom stereocenters. The fourth-order valence-electron chi connectivity index (χ4n) is 3.11. The molecule has 2 aromatic carbocycles. The summed E-state index contributed by atoms with van der Waals surface area (Å²) in [6.45, 7) is 3.84. The van der Waals surface area contributed by atoms with Gasteiger partial charge in [0.25, 0.3) is 0 Å². The summed E-state index contributed by atoms with van der Waals surface area (Å²) in [5.74, 6) is 0.899. The summed E-state index contributed by atoms with van der Waals surface area (Å²) in [5, 5.41) is 8.24. The number of carbonyl (C=O) groups excluding carboxylic acids is 1. The van der Waals surface area contributed by atoms with Gasteiger partial charge in [0.05, 0.1) is 46.7 Å². The van der Waals surface area contributed by atoms with Gasteiger partial charge in [-0.15, -0.1) is 0 Å². The predicted molar refractivity (Wildman–Crippen MR) is 115 cm³/mol. The number of rotatable bonds is 6. The van der Waals surface area contributed by atoms with Gasteiger partial charge in [0.2, 0.25) is 5.91 Å². The molecule has 4 aromatic rings. The Bertz CT molecular complexity index is 1170. The highest BCUT2D eigenvalue weighted by molar-refractivity contribution is 7.99. The van der Waals surface area contributed by atoms with Crippen LogP contribution in [-0.2, 0) is 4.79 Å². The standard InChI is InChI=1S/C21H21N5O2S/c1-13-20(14(2)26(25-13)15-7-5-4-6-8-15)24-19(27)12-29-21-22-17-10-9-16(28-3)11-18(17)23-21/h4-11H,12H2,1-3H3,(H,22,23)(H,24,27). The van der Waals surface area contributed by atoms with Gasteiger partial charge in [-0.1, -0.05) is 30.0 Å². The van der Waals surface area contributed by atoms with Crippen LogP contribution in [0.1, 0.15) is 11.4 Å². The maximum absolute atomic E-state index is 12.5. The van der Waals surface area contributed by atoms with Gasteiger partial charge >= 0.3 is 0 Å². The molecule has 2 N–H and O–H groups in total. The number of aromatic amines is 1. The van der Waals surface area contributed by atoms with Gasteiger partial charge in [0.1, 0.15) is 5.75 Å². The topological polar surface area (TPSA) is 84.8 Å². The first-order valence-corrected chi connectivity index (χ1v) is 10.1. The number of methoxy groups -OCH3 is 1. The van der Waals surface area contributed by atoms with Crippen molar-refractivity contribution in [2.75, 3.05) is 18.2 Å². The van der Waals surface area contributed by atoms with Crippen molar-refractivity contribution >= 4 is 34.4 Å². The molecule has 8 heteroatoms. The number of amides is 1. The third-order valence-electron chi connectivity index (χ3n) is 4.56. The molecule has 0 spiro atoms. The van der Waals surface area contributed by atoms with Crippen LogP contribution in [0.25, 0.3) is 16.7 Å². The Labute approximate surface area is 172 Å². The van der Waals surface area contributed by atoms with Gasteiger partial charge in [0.15, 0.2) is 5.16 Å². The zero-order chi connectivity index (χ0) is 20.4. The van der Waals surface area contributed by atoms with E-state index in [0.717, 1.165) is 39.5 Å². The summed E-state index contributed by atoms with van der Waals surface area (Å²) in [6, 6.07) is 15.5. The summed E-state index contributed by atoms with van der Waals surface area (Å²) < 4.78 is 7.06. The van der Waals surface area contributed by atoms with E-state index in [9.17, 15) is 4.79 Å². The van der Waals surface area contributed by atoms with Crippen LogP contribution in [0.5, 0.6) is 5.75 Å². The van der Waals surface area contributed by atoms with Crippen LogP contribution in [0, 0.1) is 13.8 Å². The number of benzene rings is 2. The molecule has 0 aliphatic carbocycles. The Morgan fingerprint density at radius 2 is 2.00 bits per heavy atom. The highest BCUT2D eigenvalue weighted by Gasteiger charge is 2.16. The van der Waals surface area contributed by atoms with E-state index in [1.165, 1.54) is 11.8 Å². The number of para-hydroxylation sites is 1. The molecular formula is C21H21N5O2S. The Hall–Kier alpha value is -3.26. The third-order valence-corrected chi connectivity index (χ3v) is 5.44. The molecule has 1 amide bonds. The molecule has 4 rings (SSSR count). The molecule has 0 saturated heterocycles. The minimum Gasteiger partial charge on any atom is -0.497 e. The number of nitrogens with zero attached hydrogens (tertiary/aromatic N) is 3. The van der Waals surface area contributed by atoms with E-state index in [4.69, 9.17) is 4.74 Å². The number of thioether (sulfide) groups is 1. The number of fused-ring (bicyclic) bond motifs is 1. The van der Waals surface area contributed by atoms with E-state index >= 15 is 0 Å². The fraction of sp³-hybridized carbons (Fsp3) is 0.190. The normalized spacial score (nSPS) is 11.0. The maximum atomic E-state index is 12.5. The van der Waals surface area contributed by atoms with Gasteiger partial charge in [-0.2, -0.15) is 5.10 Å². The van der Waals surface area contributed by atoms with Crippen LogP contribution < -0.4 is 10.1 Å². The van der Waals surface area contributed by atoms with Gasteiger partial charge in [0, 0.05) is 6.07 Å². The summed E-state index contributed by atoms with van der Waals surface area (Å²) in [4.78, 5) is 20.2. The monoisotopic (exact) mass is 407 g/mol.